The molecular formula is C26H25Cl2Zr. The molecule has 0 fully saturated rings. The van der Waals surface area contributed by atoms with Crippen LogP contribution in [0.2, 0.25) is 0 Å². The Hall–Kier alpha value is -1.27. The summed E-state index contributed by atoms with van der Waals surface area (Å²) in [7, 11) is 0. The molecule has 4 aromatic carbocycles. The molecule has 0 amide bonds. The number of aryl methyl sites for hydroxylation is 1. The number of fused-ring (bicyclic) bond motifs is 1. The van der Waals surface area contributed by atoms with Crippen LogP contribution in [-0.2, 0) is 32.6 Å². The molecule has 0 saturated carbocycles. The van der Waals surface area contributed by atoms with E-state index in [1.54, 1.807) is 0 Å². The zero-order chi connectivity index (χ0) is 17.8. The maximum atomic E-state index is 2.42. The largest absolute Gasteiger partial charge is 3.00 e. The van der Waals surface area contributed by atoms with Crippen molar-refractivity contribution >= 4 is 10.8 Å². The summed E-state index contributed by atoms with van der Waals surface area (Å²) in [6, 6.07) is 30.9. The van der Waals surface area contributed by atoms with Gasteiger partial charge in [-0.2, -0.15) is 6.07 Å². The smallest absolute Gasteiger partial charge is 1.00 e. The number of rotatable bonds is 6. The van der Waals surface area contributed by atoms with Gasteiger partial charge in [-0.1, -0.05) is 116 Å². The predicted octanol–water partition coefficient (Wildman–Crippen LogP) is 1.63. The van der Waals surface area contributed by atoms with Crippen LogP contribution in [0.4, 0.5) is 0 Å². The van der Waals surface area contributed by atoms with E-state index < -0.39 is 0 Å². The molecular weight excluding hydrogens is 474 g/mol. The Balaban J connectivity index is 0.00000140. The number of halogens is 2. The molecule has 0 nitrogen and oxygen atoms in total. The van der Waals surface area contributed by atoms with Gasteiger partial charge in [0.1, 0.15) is 0 Å². The van der Waals surface area contributed by atoms with Gasteiger partial charge in [-0.3, -0.25) is 0 Å². The van der Waals surface area contributed by atoms with Crippen LogP contribution in [0.15, 0.2) is 84.9 Å². The van der Waals surface area contributed by atoms with E-state index in [0.717, 1.165) is 0 Å². The second kappa shape index (κ2) is 12.4. The summed E-state index contributed by atoms with van der Waals surface area (Å²) in [6.07, 6.45) is 5.02. The van der Waals surface area contributed by atoms with E-state index in [-0.39, 0.29) is 51.0 Å². The summed E-state index contributed by atoms with van der Waals surface area (Å²) in [4.78, 5) is 0. The van der Waals surface area contributed by atoms with Crippen molar-refractivity contribution in [2.75, 3.05) is 0 Å². The van der Waals surface area contributed by atoms with Crippen molar-refractivity contribution in [2.24, 2.45) is 0 Å². The fraction of sp³-hybridized carbons (Fsp3) is 0.192. The average Bonchev–Trinajstić information content (AvgIpc) is 3.13. The molecule has 147 valence electrons. The Morgan fingerprint density at radius 2 is 1.24 bits per heavy atom. The predicted molar refractivity (Wildman–Crippen MR) is 114 cm³/mol. The maximum absolute atomic E-state index is 2.42. The Morgan fingerprint density at radius 1 is 0.690 bits per heavy atom. The van der Waals surface area contributed by atoms with Crippen LogP contribution < -0.4 is 24.8 Å². The number of benzene rings is 3. The number of hydrogen-bond acceptors (Lipinski definition) is 0. The van der Waals surface area contributed by atoms with Gasteiger partial charge in [-0.05, 0) is 12.0 Å². The molecule has 3 heteroatoms. The standard InChI is InChI=1S/C26H25.2ClH.Zr/c1-2-3-6-11-20-18-25-23(21-12-7-4-8-13-21)16-17-24(26(25)19-20)22-14-9-5-10-15-22;;;/h4-5,7-10,12-19H,2-3,6,11H2,1H3;2*1H;/q-1;;;+3/p-2. The molecule has 0 aliphatic rings. The molecule has 0 aromatic heterocycles. The quantitative estimate of drug-likeness (QED) is 0.280. The van der Waals surface area contributed by atoms with Crippen LogP contribution >= 0.6 is 0 Å². The molecule has 0 N–H and O–H groups in total. The van der Waals surface area contributed by atoms with Crippen molar-refractivity contribution in [3.63, 3.8) is 0 Å². The molecule has 0 aliphatic heterocycles. The van der Waals surface area contributed by atoms with Gasteiger partial charge in [0.05, 0.1) is 0 Å². The molecule has 4 rings (SSSR count). The topological polar surface area (TPSA) is 0 Å². The fourth-order valence-corrected chi connectivity index (χ4v) is 3.82. The van der Waals surface area contributed by atoms with E-state index >= 15 is 0 Å². The van der Waals surface area contributed by atoms with E-state index in [2.05, 4.69) is 91.9 Å². The first-order valence-electron chi connectivity index (χ1n) is 9.70. The Labute approximate surface area is 206 Å². The van der Waals surface area contributed by atoms with Crippen LogP contribution in [-0.4, -0.2) is 0 Å². The van der Waals surface area contributed by atoms with Crippen molar-refractivity contribution in [3.05, 3.63) is 90.5 Å². The molecule has 0 bridgehead atoms. The van der Waals surface area contributed by atoms with Gasteiger partial charge in [-0.25, -0.2) is 0 Å². The second-order valence-electron chi connectivity index (χ2n) is 7.04. The van der Waals surface area contributed by atoms with Crippen LogP contribution in [0.5, 0.6) is 0 Å². The van der Waals surface area contributed by atoms with Crippen LogP contribution in [0.25, 0.3) is 33.0 Å². The molecule has 0 heterocycles. The van der Waals surface area contributed by atoms with E-state index in [1.807, 2.05) is 0 Å². The first-order valence-corrected chi connectivity index (χ1v) is 9.70. The van der Waals surface area contributed by atoms with E-state index in [0.29, 0.717) is 0 Å². The van der Waals surface area contributed by atoms with E-state index in [9.17, 15) is 0 Å². The average molecular weight is 500 g/mol. The second-order valence-corrected chi connectivity index (χ2v) is 7.04. The molecule has 0 atom stereocenters. The first-order chi connectivity index (χ1) is 12.9. The van der Waals surface area contributed by atoms with Gasteiger partial charge >= 0.3 is 26.2 Å². The molecule has 29 heavy (non-hydrogen) atoms. The Bertz CT molecular complexity index is 915. The molecule has 0 aliphatic carbocycles. The fourth-order valence-electron chi connectivity index (χ4n) is 3.82. The van der Waals surface area contributed by atoms with Gasteiger partial charge in [0.15, 0.2) is 0 Å². The molecule has 0 unspecified atom stereocenters. The van der Waals surface area contributed by atoms with E-state index in [4.69, 9.17) is 0 Å². The Kier molecular flexibility index (Phi) is 11.0. The van der Waals surface area contributed by atoms with Crippen molar-refractivity contribution in [2.45, 2.75) is 32.6 Å². The molecule has 0 saturated heterocycles. The van der Waals surface area contributed by atoms with Crippen molar-refractivity contribution in [1.29, 1.82) is 0 Å². The minimum absolute atomic E-state index is 0. The number of hydrogen-bond donors (Lipinski definition) is 0. The van der Waals surface area contributed by atoms with Gasteiger partial charge in [0.25, 0.3) is 0 Å². The number of unbranched alkanes of at least 4 members (excludes halogenated alkanes) is 2. The van der Waals surface area contributed by atoms with Crippen molar-refractivity contribution in [1.82, 2.24) is 0 Å². The summed E-state index contributed by atoms with van der Waals surface area (Å²) in [6.45, 7) is 2.27. The summed E-state index contributed by atoms with van der Waals surface area (Å²) in [5.74, 6) is 0. The van der Waals surface area contributed by atoms with Gasteiger partial charge in [-0.15, -0.1) is 22.4 Å². The van der Waals surface area contributed by atoms with Gasteiger partial charge in [0, 0.05) is 0 Å². The minimum Gasteiger partial charge on any atom is -1.00 e. The molecule has 0 spiro atoms. The summed E-state index contributed by atoms with van der Waals surface area (Å²) in [5, 5.41) is 2.76. The Morgan fingerprint density at radius 3 is 1.83 bits per heavy atom. The molecule has 1 radical (unpaired) electrons. The zero-order valence-electron chi connectivity index (χ0n) is 16.7. The summed E-state index contributed by atoms with van der Waals surface area (Å²) in [5.41, 5.74) is 6.73. The van der Waals surface area contributed by atoms with Gasteiger partial charge in [0.2, 0.25) is 0 Å². The third kappa shape index (κ3) is 5.88. The first kappa shape index (κ1) is 25.8. The van der Waals surface area contributed by atoms with Crippen molar-refractivity contribution < 1.29 is 51.0 Å². The monoisotopic (exact) mass is 497 g/mol. The van der Waals surface area contributed by atoms with Crippen LogP contribution in [0.1, 0.15) is 31.7 Å². The maximum Gasteiger partial charge on any atom is 3.00 e. The SMILES string of the molecule is CCCCCc1cc2c(-c3ccccc3)ccc(-c3ccccc3)c2[cH-]1.[Cl-].[Cl-].[Zr+3]. The van der Waals surface area contributed by atoms with Crippen LogP contribution in [0.3, 0.4) is 0 Å². The van der Waals surface area contributed by atoms with Crippen molar-refractivity contribution in [3.8, 4) is 22.3 Å². The van der Waals surface area contributed by atoms with Gasteiger partial charge < -0.3 is 24.8 Å². The minimum atomic E-state index is 0. The zero-order valence-corrected chi connectivity index (χ0v) is 20.6. The van der Waals surface area contributed by atoms with E-state index in [1.165, 1.54) is 64.3 Å². The molecule has 4 aromatic rings. The summed E-state index contributed by atoms with van der Waals surface area (Å²) >= 11 is 0. The third-order valence-corrected chi connectivity index (χ3v) is 5.19. The summed E-state index contributed by atoms with van der Waals surface area (Å²) < 4.78 is 0. The normalized spacial score (nSPS) is 9.97. The van der Waals surface area contributed by atoms with Crippen LogP contribution in [0, 0.1) is 0 Å². The third-order valence-electron chi connectivity index (χ3n) is 5.19.